The van der Waals surface area contributed by atoms with Gasteiger partial charge in [-0.05, 0) is 39.8 Å². The molecule has 0 aromatic heterocycles. The van der Waals surface area contributed by atoms with E-state index in [0.717, 1.165) is 4.90 Å². The molecule has 0 saturated carbocycles. The maximum absolute atomic E-state index is 11.6. The number of nitrogens with one attached hydrogen (secondary N) is 2. The predicted molar refractivity (Wildman–Crippen MR) is 78.3 cm³/mol. The summed E-state index contributed by atoms with van der Waals surface area (Å²) in [6.07, 6.45) is 0. The molecule has 0 spiro atoms. The Morgan fingerprint density at radius 3 is 2.26 bits per heavy atom. The lowest BCUT2D eigenvalue weighted by Gasteiger charge is -2.20. The number of hydrogen-bond donors (Lipinski definition) is 2. The maximum atomic E-state index is 11.6. The van der Waals surface area contributed by atoms with Crippen LogP contribution in [0.5, 0.6) is 0 Å². The Hall–Kier alpha value is -1.49. The highest BCUT2D eigenvalue weighted by atomic mass is 32.2. The Morgan fingerprint density at radius 2 is 1.74 bits per heavy atom. The molecule has 19 heavy (non-hydrogen) atoms. The second-order valence-electron chi connectivity index (χ2n) is 5.35. The summed E-state index contributed by atoms with van der Waals surface area (Å²) < 4.78 is 0. The van der Waals surface area contributed by atoms with Gasteiger partial charge in [-0.2, -0.15) is 0 Å². The average Bonchev–Trinajstić information content (AvgIpc) is 2.25. The van der Waals surface area contributed by atoms with Crippen LogP contribution in [0.15, 0.2) is 29.2 Å². The molecule has 104 valence electrons. The molecule has 0 heterocycles. The SMILES string of the molecule is Cc1ccc(SCC(=O)NC(=O)NC(C)(C)C)cc1. The molecular formula is C14H20N2O2S. The number of carbonyl (C=O) groups excluding carboxylic acids is 2. The molecule has 0 atom stereocenters. The number of aryl methyl sites for hydroxylation is 1. The molecule has 0 saturated heterocycles. The number of hydrogen-bond acceptors (Lipinski definition) is 3. The van der Waals surface area contributed by atoms with Crippen LogP contribution in [0, 0.1) is 6.92 Å². The summed E-state index contributed by atoms with van der Waals surface area (Å²) in [5, 5.41) is 4.98. The first kappa shape index (κ1) is 15.6. The van der Waals surface area contributed by atoms with Crippen LogP contribution < -0.4 is 10.6 Å². The van der Waals surface area contributed by atoms with Crippen LogP contribution in [0.2, 0.25) is 0 Å². The van der Waals surface area contributed by atoms with Crippen molar-refractivity contribution >= 4 is 23.7 Å². The van der Waals surface area contributed by atoms with Gasteiger partial charge in [0.15, 0.2) is 0 Å². The van der Waals surface area contributed by atoms with Crippen LogP contribution in [0.25, 0.3) is 0 Å². The molecule has 2 N–H and O–H groups in total. The fourth-order valence-corrected chi connectivity index (χ4v) is 2.02. The first-order valence-corrected chi connectivity index (χ1v) is 7.06. The Bertz CT molecular complexity index is 450. The molecule has 1 aromatic carbocycles. The van der Waals surface area contributed by atoms with E-state index in [-0.39, 0.29) is 17.2 Å². The van der Waals surface area contributed by atoms with Crippen molar-refractivity contribution in [2.45, 2.75) is 38.1 Å². The number of thioether (sulfide) groups is 1. The van der Waals surface area contributed by atoms with E-state index >= 15 is 0 Å². The topological polar surface area (TPSA) is 58.2 Å². The van der Waals surface area contributed by atoms with E-state index in [4.69, 9.17) is 0 Å². The molecule has 0 aliphatic carbocycles. The largest absolute Gasteiger partial charge is 0.333 e. The fourth-order valence-electron chi connectivity index (χ4n) is 1.32. The highest BCUT2D eigenvalue weighted by molar-refractivity contribution is 8.00. The van der Waals surface area contributed by atoms with Gasteiger partial charge in [-0.1, -0.05) is 17.7 Å². The molecule has 0 bridgehead atoms. The normalized spacial score (nSPS) is 10.9. The number of benzene rings is 1. The van der Waals surface area contributed by atoms with Crippen LogP contribution in [0.1, 0.15) is 26.3 Å². The van der Waals surface area contributed by atoms with E-state index in [1.165, 1.54) is 17.3 Å². The molecule has 0 aliphatic rings. The Labute approximate surface area is 118 Å². The molecule has 1 aromatic rings. The first-order valence-electron chi connectivity index (χ1n) is 6.08. The quantitative estimate of drug-likeness (QED) is 0.837. The molecule has 0 fully saturated rings. The van der Waals surface area contributed by atoms with Gasteiger partial charge < -0.3 is 5.32 Å². The molecule has 1 rings (SSSR count). The van der Waals surface area contributed by atoms with Gasteiger partial charge in [0.1, 0.15) is 0 Å². The minimum atomic E-state index is -0.456. The monoisotopic (exact) mass is 280 g/mol. The minimum absolute atomic E-state index is 0.223. The number of rotatable bonds is 3. The van der Waals surface area contributed by atoms with Crippen LogP contribution in [-0.2, 0) is 4.79 Å². The van der Waals surface area contributed by atoms with Gasteiger partial charge in [0.2, 0.25) is 5.91 Å². The van der Waals surface area contributed by atoms with Gasteiger partial charge >= 0.3 is 6.03 Å². The van der Waals surface area contributed by atoms with Crippen LogP contribution >= 0.6 is 11.8 Å². The number of amides is 3. The zero-order valence-corrected chi connectivity index (χ0v) is 12.6. The average molecular weight is 280 g/mol. The van der Waals surface area contributed by atoms with Gasteiger partial charge in [-0.3, -0.25) is 10.1 Å². The number of urea groups is 1. The van der Waals surface area contributed by atoms with E-state index in [1.807, 2.05) is 52.0 Å². The first-order chi connectivity index (χ1) is 8.76. The molecule has 0 unspecified atom stereocenters. The summed E-state index contributed by atoms with van der Waals surface area (Å²) in [5.41, 5.74) is 0.826. The summed E-state index contributed by atoms with van der Waals surface area (Å²) in [5.74, 6) is -0.0759. The van der Waals surface area contributed by atoms with Crippen molar-refractivity contribution < 1.29 is 9.59 Å². The Morgan fingerprint density at radius 1 is 1.16 bits per heavy atom. The van der Waals surface area contributed by atoms with Gasteiger partial charge in [0, 0.05) is 10.4 Å². The fraction of sp³-hybridized carbons (Fsp3) is 0.429. The molecular weight excluding hydrogens is 260 g/mol. The summed E-state index contributed by atoms with van der Waals surface area (Å²) >= 11 is 1.41. The van der Waals surface area contributed by atoms with Crippen molar-refractivity contribution in [2.75, 3.05) is 5.75 Å². The van der Waals surface area contributed by atoms with Crippen LogP contribution in [0.3, 0.4) is 0 Å². The minimum Gasteiger partial charge on any atom is -0.333 e. The van der Waals surface area contributed by atoms with Crippen molar-refractivity contribution in [3.8, 4) is 0 Å². The third kappa shape index (κ3) is 6.86. The zero-order valence-electron chi connectivity index (χ0n) is 11.7. The van der Waals surface area contributed by atoms with Crippen LogP contribution in [0.4, 0.5) is 4.79 Å². The molecule has 5 heteroatoms. The van der Waals surface area contributed by atoms with Crippen molar-refractivity contribution in [1.29, 1.82) is 0 Å². The van der Waals surface area contributed by atoms with Crippen molar-refractivity contribution in [2.24, 2.45) is 0 Å². The molecule has 3 amide bonds. The lowest BCUT2D eigenvalue weighted by atomic mass is 10.1. The van der Waals surface area contributed by atoms with Gasteiger partial charge in [-0.25, -0.2) is 4.79 Å². The second kappa shape index (κ2) is 6.61. The third-order valence-corrected chi connectivity index (χ3v) is 3.14. The van der Waals surface area contributed by atoms with Crippen molar-refractivity contribution in [3.05, 3.63) is 29.8 Å². The highest BCUT2D eigenvalue weighted by Gasteiger charge is 2.15. The third-order valence-electron chi connectivity index (χ3n) is 2.13. The Kier molecular flexibility index (Phi) is 5.42. The number of imide groups is 1. The van der Waals surface area contributed by atoms with E-state index in [2.05, 4.69) is 10.6 Å². The van der Waals surface area contributed by atoms with Crippen molar-refractivity contribution in [3.63, 3.8) is 0 Å². The van der Waals surface area contributed by atoms with Gasteiger partial charge in [-0.15, -0.1) is 11.8 Å². The second-order valence-corrected chi connectivity index (χ2v) is 6.40. The maximum Gasteiger partial charge on any atom is 0.321 e. The van der Waals surface area contributed by atoms with E-state index in [0.29, 0.717) is 0 Å². The van der Waals surface area contributed by atoms with Crippen LogP contribution in [-0.4, -0.2) is 23.2 Å². The van der Waals surface area contributed by atoms with E-state index < -0.39 is 6.03 Å². The number of carbonyl (C=O) groups is 2. The summed E-state index contributed by atoms with van der Waals surface area (Å²) in [4.78, 5) is 24.1. The lowest BCUT2D eigenvalue weighted by molar-refractivity contribution is -0.117. The lowest BCUT2D eigenvalue weighted by Crippen LogP contribution is -2.48. The molecule has 0 aliphatic heterocycles. The van der Waals surface area contributed by atoms with Crippen molar-refractivity contribution in [1.82, 2.24) is 10.6 Å². The molecule has 4 nitrogen and oxygen atoms in total. The van der Waals surface area contributed by atoms with E-state index in [1.54, 1.807) is 0 Å². The van der Waals surface area contributed by atoms with E-state index in [9.17, 15) is 9.59 Å². The standard InChI is InChI=1S/C14H20N2O2S/c1-10-5-7-11(8-6-10)19-9-12(17)15-13(18)16-14(2,3)4/h5-8H,9H2,1-4H3,(H2,15,16,17,18). The summed E-state index contributed by atoms with van der Waals surface area (Å²) in [7, 11) is 0. The summed E-state index contributed by atoms with van der Waals surface area (Å²) in [6, 6.07) is 7.45. The highest BCUT2D eigenvalue weighted by Crippen LogP contribution is 2.17. The van der Waals surface area contributed by atoms with Gasteiger partial charge in [0.05, 0.1) is 5.75 Å². The Balaban J connectivity index is 2.36. The smallest absolute Gasteiger partial charge is 0.321 e. The van der Waals surface area contributed by atoms with Gasteiger partial charge in [0.25, 0.3) is 0 Å². The summed E-state index contributed by atoms with van der Waals surface area (Å²) in [6.45, 7) is 7.59. The predicted octanol–water partition coefficient (Wildman–Crippen LogP) is 2.71. The zero-order chi connectivity index (χ0) is 14.5. The molecule has 0 radical (unpaired) electrons.